The number of aromatic nitrogens is 1. The molecule has 0 unspecified atom stereocenters. The van der Waals surface area contributed by atoms with E-state index in [2.05, 4.69) is 22.1 Å². The van der Waals surface area contributed by atoms with Gasteiger partial charge in [0.2, 0.25) is 0 Å². The lowest BCUT2D eigenvalue weighted by Crippen LogP contribution is -2.40. The molecule has 0 radical (unpaired) electrons. The van der Waals surface area contributed by atoms with Crippen LogP contribution >= 0.6 is 11.3 Å². The number of nitrogens with one attached hydrogen (secondary N) is 1. The minimum Gasteiger partial charge on any atom is -0.376 e. The van der Waals surface area contributed by atoms with Gasteiger partial charge in [-0.05, 0) is 31.5 Å². The normalized spacial score (nSPS) is 18.8. The highest BCUT2D eigenvalue weighted by Crippen LogP contribution is 2.18. The molecule has 3 rings (SSSR count). The number of benzene rings is 1. The zero-order valence-corrected chi connectivity index (χ0v) is 14.2. The van der Waals surface area contributed by atoms with E-state index in [1.165, 1.54) is 16.9 Å². The quantitative estimate of drug-likeness (QED) is 0.936. The molecule has 1 amide bonds. The summed E-state index contributed by atoms with van der Waals surface area (Å²) >= 11 is 1.48. The number of carbonyl (C=O) groups is 1. The van der Waals surface area contributed by atoms with E-state index in [-0.39, 0.29) is 12.0 Å². The summed E-state index contributed by atoms with van der Waals surface area (Å²) < 4.78 is 5.56. The molecule has 0 saturated carbocycles. The fourth-order valence-electron chi connectivity index (χ4n) is 2.64. The molecule has 5 nitrogen and oxygen atoms in total. The Labute approximate surface area is 140 Å². The molecule has 1 aromatic carbocycles. The highest BCUT2D eigenvalue weighted by Gasteiger charge is 2.16. The summed E-state index contributed by atoms with van der Waals surface area (Å²) in [6.45, 7) is 7.65. The molecule has 0 spiro atoms. The maximum Gasteiger partial charge on any atom is 0.257 e. The Kier molecular flexibility index (Phi) is 5.05. The number of nitrogens with zero attached hydrogens (tertiary/aromatic N) is 2. The summed E-state index contributed by atoms with van der Waals surface area (Å²) in [6.07, 6.45) is 2.04. The monoisotopic (exact) mass is 331 g/mol. The van der Waals surface area contributed by atoms with Gasteiger partial charge in [0.05, 0.1) is 12.7 Å². The van der Waals surface area contributed by atoms with Gasteiger partial charge < -0.3 is 4.74 Å². The van der Waals surface area contributed by atoms with Crippen molar-refractivity contribution in [3.05, 3.63) is 46.5 Å². The summed E-state index contributed by atoms with van der Waals surface area (Å²) in [7, 11) is 0. The minimum absolute atomic E-state index is 0.120. The SMILES string of the molecule is Cc1cnc(NC(=O)c2ccc(CN3CCO[C@H](C)C3)cc2)s1. The van der Waals surface area contributed by atoms with E-state index in [4.69, 9.17) is 4.74 Å². The predicted octanol–water partition coefficient (Wildman–Crippen LogP) is 2.92. The zero-order valence-electron chi connectivity index (χ0n) is 13.4. The van der Waals surface area contributed by atoms with Crippen molar-refractivity contribution in [1.82, 2.24) is 9.88 Å². The molecular formula is C17H21N3O2S. The van der Waals surface area contributed by atoms with Crippen molar-refractivity contribution in [3.8, 4) is 0 Å². The summed E-state index contributed by atoms with van der Waals surface area (Å²) in [5.41, 5.74) is 1.86. The Balaban J connectivity index is 1.59. The van der Waals surface area contributed by atoms with Gasteiger partial charge in [0.25, 0.3) is 5.91 Å². The van der Waals surface area contributed by atoms with Crippen LogP contribution < -0.4 is 5.32 Å². The first-order valence-corrected chi connectivity index (χ1v) is 8.58. The van der Waals surface area contributed by atoms with E-state index in [1.807, 2.05) is 31.2 Å². The Bertz CT molecular complexity index is 669. The predicted molar refractivity (Wildman–Crippen MR) is 91.9 cm³/mol. The van der Waals surface area contributed by atoms with Crippen LogP contribution in [-0.4, -0.2) is 41.6 Å². The van der Waals surface area contributed by atoms with Crippen LogP contribution in [0.25, 0.3) is 0 Å². The molecule has 0 bridgehead atoms. The van der Waals surface area contributed by atoms with Crippen LogP contribution in [-0.2, 0) is 11.3 Å². The van der Waals surface area contributed by atoms with Gasteiger partial charge in [0.15, 0.2) is 5.13 Å². The maximum atomic E-state index is 12.2. The topological polar surface area (TPSA) is 54.5 Å². The summed E-state index contributed by atoms with van der Waals surface area (Å²) in [5, 5.41) is 3.47. The van der Waals surface area contributed by atoms with Crippen molar-refractivity contribution in [2.45, 2.75) is 26.5 Å². The third kappa shape index (κ3) is 4.37. The Morgan fingerprint density at radius 1 is 1.43 bits per heavy atom. The first-order valence-electron chi connectivity index (χ1n) is 7.77. The van der Waals surface area contributed by atoms with Gasteiger partial charge in [-0.2, -0.15) is 0 Å². The molecule has 6 heteroatoms. The first-order chi connectivity index (χ1) is 11.1. The molecule has 122 valence electrons. The van der Waals surface area contributed by atoms with Crippen LogP contribution in [0.2, 0.25) is 0 Å². The van der Waals surface area contributed by atoms with Gasteiger partial charge in [-0.25, -0.2) is 4.98 Å². The van der Waals surface area contributed by atoms with Gasteiger partial charge in [-0.3, -0.25) is 15.0 Å². The molecule has 1 N–H and O–H groups in total. The van der Waals surface area contributed by atoms with Gasteiger partial charge >= 0.3 is 0 Å². The average molecular weight is 331 g/mol. The standard InChI is InChI=1S/C17H21N3O2S/c1-12-10-20(7-8-22-12)11-14-3-5-15(6-4-14)16(21)19-17-18-9-13(2)23-17/h3-6,9,12H,7-8,10-11H2,1-2H3,(H,18,19,21)/t12-/m1/s1. The third-order valence-electron chi connectivity index (χ3n) is 3.79. The number of morpholine rings is 1. The van der Waals surface area contributed by atoms with Gasteiger partial charge in [0, 0.05) is 36.3 Å². The molecule has 2 aromatic rings. The molecule has 1 saturated heterocycles. The van der Waals surface area contributed by atoms with Crippen molar-refractivity contribution in [2.24, 2.45) is 0 Å². The Hall–Kier alpha value is -1.76. The summed E-state index contributed by atoms with van der Waals surface area (Å²) in [4.78, 5) is 19.8. The molecule has 2 heterocycles. The van der Waals surface area contributed by atoms with Crippen LogP contribution in [0.5, 0.6) is 0 Å². The largest absolute Gasteiger partial charge is 0.376 e. The number of carbonyl (C=O) groups excluding carboxylic acids is 1. The number of anilines is 1. The van der Waals surface area contributed by atoms with Crippen molar-refractivity contribution in [1.29, 1.82) is 0 Å². The number of rotatable bonds is 4. The van der Waals surface area contributed by atoms with E-state index in [1.54, 1.807) is 6.20 Å². The second kappa shape index (κ2) is 7.21. The van der Waals surface area contributed by atoms with Crippen LogP contribution in [0.1, 0.15) is 27.7 Å². The van der Waals surface area contributed by atoms with Gasteiger partial charge in [0.1, 0.15) is 0 Å². The van der Waals surface area contributed by atoms with Crippen molar-refractivity contribution in [2.75, 3.05) is 25.0 Å². The number of amides is 1. The maximum absolute atomic E-state index is 12.2. The number of thiazole rings is 1. The van der Waals surface area contributed by atoms with Crippen LogP contribution in [0.15, 0.2) is 30.5 Å². The third-order valence-corrected chi connectivity index (χ3v) is 4.62. The number of hydrogen-bond donors (Lipinski definition) is 1. The highest BCUT2D eigenvalue weighted by atomic mass is 32.1. The fraction of sp³-hybridized carbons (Fsp3) is 0.412. The smallest absolute Gasteiger partial charge is 0.257 e. The van der Waals surface area contributed by atoms with Crippen LogP contribution in [0.3, 0.4) is 0 Å². The van der Waals surface area contributed by atoms with Crippen molar-refractivity contribution in [3.63, 3.8) is 0 Å². The van der Waals surface area contributed by atoms with Crippen LogP contribution in [0.4, 0.5) is 5.13 Å². The molecule has 23 heavy (non-hydrogen) atoms. The lowest BCUT2D eigenvalue weighted by atomic mass is 10.1. The second-order valence-corrected chi connectivity index (χ2v) is 7.08. The van der Waals surface area contributed by atoms with E-state index < -0.39 is 0 Å². The summed E-state index contributed by atoms with van der Waals surface area (Å²) in [6, 6.07) is 7.77. The average Bonchev–Trinajstić information content (AvgIpc) is 2.93. The number of hydrogen-bond acceptors (Lipinski definition) is 5. The van der Waals surface area contributed by atoms with E-state index in [9.17, 15) is 4.79 Å². The molecule has 0 aliphatic carbocycles. The molecule has 1 aliphatic rings. The Morgan fingerprint density at radius 2 is 2.22 bits per heavy atom. The number of ether oxygens (including phenoxy) is 1. The number of aryl methyl sites for hydroxylation is 1. The summed E-state index contributed by atoms with van der Waals surface area (Å²) in [5.74, 6) is -0.120. The van der Waals surface area contributed by atoms with Crippen molar-refractivity contribution < 1.29 is 9.53 Å². The first kappa shape index (κ1) is 16.1. The van der Waals surface area contributed by atoms with Gasteiger partial charge in [-0.1, -0.05) is 12.1 Å². The molecule has 1 atom stereocenters. The zero-order chi connectivity index (χ0) is 16.2. The fourth-order valence-corrected chi connectivity index (χ4v) is 3.30. The van der Waals surface area contributed by atoms with Gasteiger partial charge in [-0.15, -0.1) is 11.3 Å². The molecule has 1 aromatic heterocycles. The van der Waals surface area contributed by atoms with E-state index >= 15 is 0 Å². The lowest BCUT2D eigenvalue weighted by molar-refractivity contribution is -0.0212. The Morgan fingerprint density at radius 3 is 2.87 bits per heavy atom. The van der Waals surface area contributed by atoms with E-state index in [0.29, 0.717) is 10.7 Å². The lowest BCUT2D eigenvalue weighted by Gasteiger charge is -2.31. The molecule has 1 fully saturated rings. The van der Waals surface area contributed by atoms with E-state index in [0.717, 1.165) is 31.1 Å². The second-order valence-electron chi connectivity index (χ2n) is 5.84. The van der Waals surface area contributed by atoms with Crippen molar-refractivity contribution >= 4 is 22.4 Å². The molecule has 1 aliphatic heterocycles. The highest BCUT2D eigenvalue weighted by molar-refractivity contribution is 7.15. The van der Waals surface area contributed by atoms with Crippen LogP contribution in [0, 0.1) is 6.92 Å². The molecular weight excluding hydrogens is 310 g/mol. The minimum atomic E-state index is -0.120.